The van der Waals surface area contributed by atoms with Crippen LogP contribution in [0.2, 0.25) is 0 Å². The van der Waals surface area contributed by atoms with E-state index in [1.165, 1.54) is 0 Å². The second-order valence-electron chi connectivity index (χ2n) is 5.06. The molecule has 3 N–H and O–H groups in total. The van der Waals surface area contributed by atoms with Crippen LogP contribution in [0.4, 0.5) is 0 Å². The molecule has 0 spiro atoms. The van der Waals surface area contributed by atoms with E-state index in [1.807, 2.05) is 24.3 Å². The molecule has 1 aromatic heterocycles. The molecule has 0 radical (unpaired) electrons. The van der Waals surface area contributed by atoms with Crippen molar-refractivity contribution in [2.45, 2.75) is 26.4 Å². The minimum Gasteiger partial charge on any atom is -0.497 e. The number of guanidine groups is 1. The highest BCUT2D eigenvalue weighted by Gasteiger charge is 2.07. The summed E-state index contributed by atoms with van der Waals surface area (Å²) in [6, 6.07) is 7.95. The van der Waals surface area contributed by atoms with Gasteiger partial charge in [0, 0.05) is 18.7 Å². The van der Waals surface area contributed by atoms with Crippen molar-refractivity contribution in [2.24, 2.45) is 4.99 Å². The van der Waals surface area contributed by atoms with Crippen LogP contribution < -0.4 is 15.4 Å². The van der Waals surface area contributed by atoms with Crippen molar-refractivity contribution < 1.29 is 4.74 Å². The van der Waals surface area contributed by atoms with Crippen molar-refractivity contribution in [2.75, 3.05) is 14.2 Å². The molecule has 7 heteroatoms. The molecule has 0 amide bonds. The average molecular weight is 302 g/mol. The van der Waals surface area contributed by atoms with Gasteiger partial charge in [0.05, 0.1) is 13.7 Å². The number of nitrogens with one attached hydrogen (secondary N) is 3. The van der Waals surface area contributed by atoms with Crippen molar-refractivity contribution in [3.05, 3.63) is 30.1 Å². The second kappa shape index (κ2) is 7.44. The van der Waals surface area contributed by atoms with Gasteiger partial charge in [0.1, 0.15) is 11.6 Å². The van der Waals surface area contributed by atoms with Crippen LogP contribution in [0.5, 0.6) is 5.75 Å². The van der Waals surface area contributed by atoms with Crippen LogP contribution in [0, 0.1) is 0 Å². The summed E-state index contributed by atoms with van der Waals surface area (Å²) in [5.41, 5.74) is 0.938. The van der Waals surface area contributed by atoms with Gasteiger partial charge in [-0.3, -0.25) is 10.1 Å². The highest BCUT2D eigenvalue weighted by Crippen LogP contribution is 2.18. The zero-order valence-corrected chi connectivity index (χ0v) is 13.3. The number of ether oxygens (including phenoxy) is 1. The first-order chi connectivity index (χ1) is 10.6. The third-order valence-corrected chi connectivity index (χ3v) is 2.95. The molecule has 0 unspecified atom stereocenters. The molecule has 0 bridgehead atoms. The molecular formula is C15H22N6O. The van der Waals surface area contributed by atoms with Gasteiger partial charge in [0.15, 0.2) is 11.8 Å². The summed E-state index contributed by atoms with van der Waals surface area (Å²) < 4.78 is 5.14. The van der Waals surface area contributed by atoms with Gasteiger partial charge in [-0.1, -0.05) is 0 Å². The Hall–Kier alpha value is -2.57. The molecule has 22 heavy (non-hydrogen) atoms. The molecule has 1 aromatic carbocycles. The molecule has 0 saturated carbocycles. The Labute approximate surface area is 130 Å². The smallest absolute Gasteiger partial charge is 0.191 e. The third-order valence-electron chi connectivity index (χ3n) is 2.95. The summed E-state index contributed by atoms with van der Waals surface area (Å²) in [7, 11) is 3.38. The number of aromatic nitrogens is 3. The van der Waals surface area contributed by atoms with E-state index in [1.54, 1.807) is 14.2 Å². The summed E-state index contributed by atoms with van der Waals surface area (Å²) in [5.74, 6) is 2.95. The summed E-state index contributed by atoms with van der Waals surface area (Å²) in [5, 5.41) is 13.6. The third kappa shape index (κ3) is 4.21. The van der Waals surface area contributed by atoms with Crippen LogP contribution in [0.1, 0.15) is 19.7 Å². The lowest BCUT2D eigenvalue weighted by molar-refractivity contribution is 0.415. The Morgan fingerprint density at radius 2 is 2.05 bits per heavy atom. The zero-order chi connectivity index (χ0) is 15.9. The lowest BCUT2D eigenvalue weighted by Crippen LogP contribution is -2.40. The largest absolute Gasteiger partial charge is 0.497 e. The number of hydrogen-bond acceptors (Lipinski definition) is 4. The topological polar surface area (TPSA) is 87.2 Å². The fraction of sp³-hybridized carbons (Fsp3) is 0.400. The van der Waals surface area contributed by atoms with Gasteiger partial charge >= 0.3 is 0 Å². The first-order valence-electron chi connectivity index (χ1n) is 7.15. The van der Waals surface area contributed by atoms with Gasteiger partial charge in [-0.2, -0.15) is 5.10 Å². The molecule has 1 heterocycles. The minimum absolute atomic E-state index is 0.316. The van der Waals surface area contributed by atoms with Crippen LogP contribution in [-0.4, -0.2) is 41.3 Å². The van der Waals surface area contributed by atoms with E-state index >= 15 is 0 Å². The molecule has 7 nitrogen and oxygen atoms in total. The fourth-order valence-electron chi connectivity index (χ4n) is 1.88. The van der Waals surface area contributed by atoms with E-state index in [4.69, 9.17) is 4.74 Å². The number of aliphatic imine (C=N–C) groups is 1. The van der Waals surface area contributed by atoms with Crippen molar-refractivity contribution in [3.8, 4) is 17.1 Å². The van der Waals surface area contributed by atoms with Gasteiger partial charge in [0.2, 0.25) is 0 Å². The van der Waals surface area contributed by atoms with Crippen LogP contribution in [0.25, 0.3) is 11.4 Å². The Balaban J connectivity index is 1.98. The van der Waals surface area contributed by atoms with Crippen molar-refractivity contribution in [1.29, 1.82) is 0 Å². The lowest BCUT2D eigenvalue weighted by Gasteiger charge is -2.13. The quantitative estimate of drug-likeness (QED) is 0.576. The maximum absolute atomic E-state index is 5.14. The monoisotopic (exact) mass is 302 g/mol. The Morgan fingerprint density at radius 3 is 2.64 bits per heavy atom. The van der Waals surface area contributed by atoms with E-state index in [0.29, 0.717) is 18.4 Å². The normalized spacial score (nSPS) is 11.6. The molecule has 0 fully saturated rings. The van der Waals surface area contributed by atoms with Crippen molar-refractivity contribution >= 4 is 5.96 Å². The molecule has 118 valence electrons. The van der Waals surface area contributed by atoms with Gasteiger partial charge in [-0.15, -0.1) is 0 Å². The predicted octanol–water partition coefficient (Wildman–Crippen LogP) is 1.55. The molecule has 0 aliphatic rings. The molecule has 0 aliphatic carbocycles. The summed E-state index contributed by atoms with van der Waals surface area (Å²) >= 11 is 0. The number of H-pyrrole nitrogens is 1. The molecular weight excluding hydrogens is 280 g/mol. The highest BCUT2D eigenvalue weighted by molar-refractivity contribution is 5.79. The summed E-state index contributed by atoms with van der Waals surface area (Å²) in [6.45, 7) is 4.64. The maximum Gasteiger partial charge on any atom is 0.191 e. The number of hydrogen-bond donors (Lipinski definition) is 3. The summed E-state index contributed by atoms with van der Waals surface area (Å²) in [6.07, 6.45) is 0. The average Bonchev–Trinajstić information content (AvgIpc) is 3.00. The van der Waals surface area contributed by atoms with Gasteiger partial charge in [-0.05, 0) is 38.1 Å². The Bertz CT molecular complexity index is 617. The number of rotatable bonds is 5. The molecule has 2 rings (SSSR count). The van der Waals surface area contributed by atoms with E-state index in [-0.39, 0.29) is 0 Å². The van der Waals surface area contributed by atoms with E-state index < -0.39 is 0 Å². The number of nitrogens with zero attached hydrogens (tertiary/aromatic N) is 3. The van der Waals surface area contributed by atoms with Gasteiger partial charge in [0.25, 0.3) is 0 Å². The summed E-state index contributed by atoms with van der Waals surface area (Å²) in [4.78, 5) is 8.61. The van der Waals surface area contributed by atoms with Crippen LogP contribution >= 0.6 is 0 Å². The number of benzene rings is 1. The SMILES string of the molecule is CN=C(NCc1nc(-c2ccc(OC)cc2)n[nH]1)NC(C)C. The standard InChI is InChI=1S/C15H22N6O/c1-10(2)18-15(16-3)17-9-13-19-14(21-20-13)11-5-7-12(22-4)8-6-11/h5-8,10H,9H2,1-4H3,(H2,16,17,18)(H,19,20,21). The van der Waals surface area contributed by atoms with Crippen LogP contribution in [0.15, 0.2) is 29.3 Å². The van der Waals surface area contributed by atoms with Gasteiger partial charge < -0.3 is 15.4 Å². The molecule has 0 aliphatic heterocycles. The molecule has 0 atom stereocenters. The first kappa shape index (κ1) is 15.8. The van der Waals surface area contributed by atoms with Crippen molar-refractivity contribution in [1.82, 2.24) is 25.8 Å². The minimum atomic E-state index is 0.316. The lowest BCUT2D eigenvalue weighted by atomic mass is 10.2. The molecule has 0 saturated heterocycles. The second-order valence-corrected chi connectivity index (χ2v) is 5.06. The van der Waals surface area contributed by atoms with Crippen LogP contribution in [0.3, 0.4) is 0 Å². The van der Waals surface area contributed by atoms with E-state index in [0.717, 1.165) is 23.1 Å². The van der Waals surface area contributed by atoms with E-state index in [2.05, 4.69) is 44.7 Å². The molecule has 2 aromatic rings. The Morgan fingerprint density at radius 1 is 1.32 bits per heavy atom. The highest BCUT2D eigenvalue weighted by atomic mass is 16.5. The van der Waals surface area contributed by atoms with Crippen molar-refractivity contribution in [3.63, 3.8) is 0 Å². The predicted molar refractivity (Wildman–Crippen MR) is 86.8 cm³/mol. The van der Waals surface area contributed by atoms with Gasteiger partial charge in [-0.25, -0.2) is 4.98 Å². The van der Waals surface area contributed by atoms with Crippen LogP contribution in [-0.2, 0) is 6.54 Å². The Kier molecular flexibility index (Phi) is 5.35. The fourth-order valence-corrected chi connectivity index (χ4v) is 1.88. The number of aromatic amines is 1. The maximum atomic E-state index is 5.14. The number of methoxy groups -OCH3 is 1. The van der Waals surface area contributed by atoms with E-state index in [9.17, 15) is 0 Å². The first-order valence-corrected chi connectivity index (χ1v) is 7.15. The zero-order valence-electron chi connectivity index (χ0n) is 13.3.